The second-order valence-corrected chi connectivity index (χ2v) is 5.43. The minimum Gasteiger partial charge on any atom is -0.382 e. The summed E-state index contributed by atoms with van der Waals surface area (Å²) in [6.07, 6.45) is 1.47. The Kier molecular flexibility index (Phi) is 3.55. The van der Waals surface area contributed by atoms with Crippen LogP contribution < -0.4 is 11.1 Å². The van der Waals surface area contributed by atoms with Crippen LogP contribution in [-0.4, -0.2) is 19.5 Å². The lowest BCUT2D eigenvalue weighted by molar-refractivity contribution is 0.823. The van der Waals surface area contributed by atoms with E-state index in [1.54, 1.807) is 0 Å². The fourth-order valence-electron chi connectivity index (χ4n) is 2.62. The number of nitrogens with two attached hydrogens (primary N) is 1. The van der Waals surface area contributed by atoms with Crippen LogP contribution in [0.15, 0.2) is 67.0 Å². The number of benzene rings is 2. The fraction of sp³-hybridized carbons (Fsp3) is 0.0556. The quantitative estimate of drug-likeness (QED) is 0.604. The maximum absolute atomic E-state index is 5.97. The van der Waals surface area contributed by atoms with Crippen LogP contribution in [0.5, 0.6) is 0 Å². The number of nitrogens with one attached hydrogen (secondary N) is 1. The molecular formula is C18H16N6. The number of hydrogen-bond donors (Lipinski definition) is 2. The highest BCUT2D eigenvalue weighted by atomic mass is 15.2. The number of rotatable bonds is 4. The van der Waals surface area contributed by atoms with Gasteiger partial charge in [-0.25, -0.2) is 15.0 Å². The molecule has 0 aliphatic rings. The third kappa shape index (κ3) is 2.65. The average Bonchev–Trinajstić information content (AvgIpc) is 2.96. The second kappa shape index (κ2) is 6.00. The molecule has 0 bridgehead atoms. The molecule has 118 valence electrons. The van der Waals surface area contributed by atoms with Crippen molar-refractivity contribution in [1.82, 2.24) is 19.5 Å². The molecule has 6 heteroatoms. The molecule has 0 atom stereocenters. The van der Waals surface area contributed by atoms with E-state index in [0.29, 0.717) is 29.5 Å². The molecule has 0 spiro atoms. The van der Waals surface area contributed by atoms with Gasteiger partial charge in [0.2, 0.25) is 5.95 Å². The highest BCUT2D eigenvalue weighted by Crippen LogP contribution is 2.24. The van der Waals surface area contributed by atoms with Crippen LogP contribution in [0.1, 0.15) is 5.56 Å². The van der Waals surface area contributed by atoms with Crippen LogP contribution in [0, 0.1) is 0 Å². The predicted octanol–water partition coefficient (Wildman–Crippen LogP) is 3.20. The molecule has 0 aliphatic heterocycles. The summed E-state index contributed by atoms with van der Waals surface area (Å²) in [5.41, 5.74) is 9.40. The molecule has 2 aromatic carbocycles. The lowest BCUT2D eigenvalue weighted by Crippen LogP contribution is -2.06. The van der Waals surface area contributed by atoms with Gasteiger partial charge in [0.25, 0.3) is 0 Å². The van der Waals surface area contributed by atoms with Gasteiger partial charge in [0, 0.05) is 5.69 Å². The van der Waals surface area contributed by atoms with Gasteiger partial charge < -0.3 is 11.1 Å². The van der Waals surface area contributed by atoms with Crippen molar-refractivity contribution >= 4 is 28.6 Å². The SMILES string of the molecule is Nc1ncnc2c1nc(Nc1ccccc1)n2Cc1ccccc1. The molecule has 4 aromatic rings. The zero-order chi connectivity index (χ0) is 16.4. The normalized spacial score (nSPS) is 10.8. The van der Waals surface area contributed by atoms with Gasteiger partial charge in [0.05, 0.1) is 6.54 Å². The van der Waals surface area contributed by atoms with Crippen LogP contribution in [0.4, 0.5) is 17.5 Å². The summed E-state index contributed by atoms with van der Waals surface area (Å²) < 4.78 is 2.01. The maximum Gasteiger partial charge on any atom is 0.210 e. The summed E-state index contributed by atoms with van der Waals surface area (Å²) in [4.78, 5) is 13.0. The fourth-order valence-corrected chi connectivity index (χ4v) is 2.62. The summed E-state index contributed by atoms with van der Waals surface area (Å²) in [7, 11) is 0. The largest absolute Gasteiger partial charge is 0.382 e. The lowest BCUT2D eigenvalue weighted by Gasteiger charge is -2.10. The minimum absolute atomic E-state index is 0.378. The van der Waals surface area contributed by atoms with Gasteiger partial charge in [-0.05, 0) is 17.7 Å². The Morgan fingerprint density at radius 2 is 1.62 bits per heavy atom. The van der Waals surface area contributed by atoms with E-state index in [1.807, 2.05) is 53.1 Å². The first kappa shape index (κ1) is 14.2. The zero-order valence-electron chi connectivity index (χ0n) is 12.9. The Morgan fingerprint density at radius 3 is 2.38 bits per heavy atom. The summed E-state index contributed by atoms with van der Waals surface area (Å²) in [6, 6.07) is 20.1. The van der Waals surface area contributed by atoms with Crippen LogP contribution in [0.25, 0.3) is 11.2 Å². The van der Waals surface area contributed by atoms with Gasteiger partial charge in [0.1, 0.15) is 6.33 Å². The number of para-hydroxylation sites is 1. The van der Waals surface area contributed by atoms with Crippen LogP contribution in [0.3, 0.4) is 0 Å². The van der Waals surface area contributed by atoms with Crippen molar-refractivity contribution in [3.05, 3.63) is 72.6 Å². The Balaban J connectivity index is 1.82. The third-order valence-corrected chi connectivity index (χ3v) is 3.77. The van der Waals surface area contributed by atoms with Crippen LogP contribution in [0.2, 0.25) is 0 Å². The molecule has 2 heterocycles. The molecule has 6 nitrogen and oxygen atoms in total. The van der Waals surface area contributed by atoms with Crippen LogP contribution in [-0.2, 0) is 6.54 Å². The van der Waals surface area contributed by atoms with E-state index >= 15 is 0 Å². The molecule has 0 aliphatic carbocycles. The molecule has 0 saturated carbocycles. The Bertz CT molecular complexity index is 963. The molecule has 4 rings (SSSR count). The first-order valence-electron chi connectivity index (χ1n) is 7.64. The monoisotopic (exact) mass is 316 g/mol. The van der Waals surface area contributed by atoms with E-state index in [1.165, 1.54) is 6.33 Å². The van der Waals surface area contributed by atoms with Gasteiger partial charge in [-0.2, -0.15) is 0 Å². The van der Waals surface area contributed by atoms with Crippen molar-refractivity contribution < 1.29 is 0 Å². The molecule has 0 radical (unpaired) electrons. The Labute approximate surface area is 139 Å². The highest BCUT2D eigenvalue weighted by Gasteiger charge is 2.15. The Hall–Kier alpha value is -3.41. The summed E-state index contributed by atoms with van der Waals surface area (Å²) in [5, 5.41) is 3.34. The smallest absolute Gasteiger partial charge is 0.210 e. The molecule has 0 unspecified atom stereocenters. The molecule has 24 heavy (non-hydrogen) atoms. The van der Waals surface area contributed by atoms with Gasteiger partial charge >= 0.3 is 0 Å². The van der Waals surface area contributed by atoms with Crippen molar-refractivity contribution in [2.45, 2.75) is 6.54 Å². The molecule has 0 saturated heterocycles. The van der Waals surface area contributed by atoms with E-state index in [9.17, 15) is 0 Å². The van der Waals surface area contributed by atoms with E-state index in [4.69, 9.17) is 5.73 Å². The van der Waals surface area contributed by atoms with Gasteiger partial charge in [-0.3, -0.25) is 4.57 Å². The summed E-state index contributed by atoms with van der Waals surface area (Å²) in [6.45, 7) is 0.642. The minimum atomic E-state index is 0.378. The molecule has 0 fully saturated rings. The lowest BCUT2D eigenvalue weighted by atomic mass is 10.2. The Morgan fingerprint density at radius 1 is 0.917 bits per heavy atom. The maximum atomic E-state index is 5.97. The van der Waals surface area contributed by atoms with E-state index < -0.39 is 0 Å². The number of anilines is 3. The van der Waals surface area contributed by atoms with Gasteiger partial charge in [-0.1, -0.05) is 48.5 Å². The van der Waals surface area contributed by atoms with Crippen LogP contribution >= 0.6 is 0 Å². The third-order valence-electron chi connectivity index (χ3n) is 3.77. The van der Waals surface area contributed by atoms with Crippen molar-refractivity contribution in [2.24, 2.45) is 0 Å². The first-order chi connectivity index (χ1) is 11.8. The molecule has 3 N–H and O–H groups in total. The molecule has 0 amide bonds. The highest BCUT2D eigenvalue weighted by molar-refractivity contribution is 5.84. The van der Waals surface area contributed by atoms with E-state index in [2.05, 4.69) is 32.4 Å². The predicted molar refractivity (Wildman–Crippen MR) is 95.0 cm³/mol. The van der Waals surface area contributed by atoms with Crippen molar-refractivity contribution in [3.63, 3.8) is 0 Å². The van der Waals surface area contributed by atoms with Gasteiger partial charge in [-0.15, -0.1) is 0 Å². The van der Waals surface area contributed by atoms with Crippen molar-refractivity contribution in [3.8, 4) is 0 Å². The number of hydrogen-bond acceptors (Lipinski definition) is 5. The zero-order valence-corrected chi connectivity index (χ0v) is 12.9. The molecular weight excluding hydrogens is 300 g/mol. The van der Waals surface area contributed by atoms with Gasteiger partial charge in [0.15, 0.2) is 17.0 Å². The summed E-state index contributed by atoms with van der Waals surface area (Å²) >= 11 is 0. The molecule has 2 aromatic heterocycles. The second-order valence-electron chi connectivity index (χ2n) is 5.43. The average molecular weight is 316 g/mol. The van der Waals surface area contributed by atoms with E-state index in [0.717, 1.165) is 11.3 Å². The number of nitrogen functional groups attached to an aromatic ring is 1. The van der Waals surface area contributed by atoms with E-state index in [-0.39, 0.29) is 0 Å². The number of aromatic nitrogens is 4. The first-order valence-corrected chi connectivity index (χ1v) is 7.64. The standard InChI is InChI=1S/C18H16N6/c19-16-15-17(21-12-20-16)24(11-13-7-3-1-4-8-13)18(23-15)22-14-9-5-2-6-10-14/h1-10,12H,11H2,(H,22,23)(H2,19,20,21). The topological polar surface area (TPSA) is 81.7 Å². The number of fused-ring (bicyclic) bond motifs is 1. The number of nitrogens with zero attached hydrogens (tertiary/aromatic N) is 4. The number of imidazole rings is 1. The van der Waals surface area contributed by atoms with Crippen molar-refractivity contribution in [1.29, 1.82) is 0 Å². The summed E-state index contributed by atoms with van der Waals surface area (Å²) in [5.74, 6) is 1.06. The van der Waals surface area contributed by atoms with Crippen molar-refractivity contribution in [2.75, 3.05) is 11.1 Å².